The fourth-order valence-corrected chi connectivity index (χ4v) is 4.14. The van der Waals surface area contributed by atoms with Gasteiger partial charge in [0.25, 0.3) is 0 Å². The molecule has 0 amide bonds. The van der Waals surface area contributed by atoms with E-state index in [1.165, 1.54) is 33.4 Å². The van der Waals surface area contributed by atoms with E-state index in [1.807, 2.05) is 0 Å². The highest BCUT2D eigenvalue weighted by Gasteiger charge is 2.15. The summed E-state index contributed by atoms with van der Waals surface area (Å²) >= 11 is 0. The Balaban J connectivity index is 1.92. The van der Waals surface area contributed by atoms with Gasteiger partial charge < -0.3 is 0 Å². The molecule has 0 saturated carbocycles. The van der Waals surface area contributed by atoms with Crippen molar-refractivity contribution in [3.05, 3.63) is 88.1 Å². The fraction of sp³-hybridized carbons (Fsp3) is 0.370. The quantitative estimate of drug-likeness (QED) is 0.438. The average Bonchev–Trinajstić information content (AvgIpc) is 2.75. The van der Waals surface area contributed by atoms with Gasteiger partial charge >= 0.3 is 0 Å². The average molecular weight is 387 g/mol. The summed E-state index contributed by atoms with van der Waals surface area (Å²) in [6.07, 6.45) is 2.07. The Morgan fingerprint density at radius 3 is 2.00 bits per heavy atom. The van der Waals surface area contributed by atoms with Crippen LogP contribution in [0.3, 0.4) is 0 Å². The highest BCUT2D eigenvalue weighted by molar-refractivity contribution is 5.69. The maximum Gasteiger partial charge on any atom is 0.0713 e. The molecule has 29 heavy (non-hydrogen) atoms. The highest BCUT2D eigenvalue weighted by atomic mass is 15.1. The standard InChI is InChI=1S/C27H34N2/c1-6-23-15-12-16-24(7-2)27(23)26-17-20(4)25(21(5)28-26)19-29(8-3)18-22-13-10-9-11-14-22/h9-17H,6-8,18-19H2,1-5H3. The van der Waals surface area contributed by atoms with E-state index in [-0.39, 0.29) is 0 Å². The zero-order valence-corrected chi connectivity index (χ0v) is 18.6. The molecule has 0 fully saturated rings. The molecular formula is C27H34N2. The third kappa shape index (κ3) is 4.94. The van der Waals surface area contributed by atoms with Crippen molar-refractivity contribution in [3.8, 4) is 11.3 Å². The largest absolute Gasteiger partial charge is 0.295 e. The van der Waals surface area contributed by atoms with Crippen LogP contribution in [0, 0.1) is 13.8 Å². The van der Waals surface area contributed by atoms with Crippen molar-refractivity contribution in [1.82, 2.24) is 9.88 Å². The fourth-order valence-electron chi connectivity index (χ4n) is 4.14. The van der Waals surface area contributed by atoms with Crippen LogP contribution in [0.5, 0.6) is 0 Å². The van der Waals surface area contributed by atoms with Crippen LogP contribution in [-0.2, 0) is 25.9 Å². The van der Waals surface area contributed by atoms with E-state index in [4.69, 9.17) is 4.98 Å². The van der Waals surface area contributed by atoms with Crippen molar-refractivity contribution < 1.29 is 0 Å². The van der Waals surface area contributed by atoms with Crippen molar-refractivity contribution in [1.29, 1.82) is 0 Å². The van der Waals surface area contributed by atoms with Crippen LogP contribution in [0.1, 0.15) is 54.3 Å². The van der Waals surface area contributed by atoms with Gasteiger partial charge in [-0.15, -0.1) is 0 Å². The number of aromatic nitrogens is 1. The molecule has 0 aliphatic heterocycles. The summed E-state index contributed by atoms with van der Waals surface area (Å²) in [5.41, 5.74) is 10.5. The third-order valence-electron chi connectivity index (χ3n) is 5.89. The lowest BCUT2D eigenvalue weighted by Crippen LogP contribution is -2.23. The van der Waals surface area contributed by atoms with Gasteiger partial charge in [-0.2, -0.15) is 0 Å². The molecule has 3 aromatic rings. The SMILES string of the molecule is CCc1cccc(CC)c1-c1cc(C)c(CN(CC)Cc2ccccc2)c(C)n1. The van der Waals surface area contributed by atoms with Crippen LogP contribution < -0.4 is 0 Å². The molecule has 0 bridgehead atoms. The Labute approximate surface area is 176 Å². The van der Waals surface area contributed by atoms with Gasteiger partial charge in [-0.25, -0.2) is 0 Å². The molecular weight excluding hydrogens is 352 g/mol. The molecule has 0 N–H and O–H groups in total. The number of aryl methyl sites for hydroxylation is 4. The normalized spacial score (nSPS) is 11.2. The molecule has 3 rings (SSSR count). The van der Waals surface area contributed by atoms with E-state index in [0.29, 0.717) is 0 Å². The third-order valence-corrected chi connectivity index (χ3v) is 5.89. The molecule has 152 valence electrons. The van der Waals surface area contributed by atoms with Gasteiger partial charge in [-0.05, 0) is 67.1 Å². The molecule has 1 heterocycles. The van der Waals surface area contributed by atoms with E-state index < -0.39 is 0 Å². The Kier molecular flexibility index (Phi) is 7.22. The zero-order valence-electron chi connectivity index (χ0n) is 18.6. The second-order valence-electron chi connectivity index (χ2n) is 7.84. The van der Waals surface area contributed by atoms with Crippen LogP contribution in [0.4, 0.5) is 0 Å². The summed E-state index contributed by atoms with van der Waals surface area (Å²) in [5, 5.41) is 0. The van der Waals surface area contributed by atoms with Gasteiger partial charge in [0.2, 0.25) is 0 Å². The molecule has 2 heteroatoms. The first-order valence-electron chi connectivity index (χ1n) is 10.9. The second-order valence-corrected chi connectivity index (χ2v) is 7.84. The van der Waals surface area contributed by atoms with E-state index in [2.05, 4.69) is 94.1 Å². The summed E-state index contributed by atoms with van der Waals surface area (Å²) in [4.78, 5) is 7.58. The number of pyridine rings is 1. The van der Waals surface area contributed by atoms with Crippen LogP contribution in [0.2, 0.25) is 0 Å². The molecule has 0 saturated heterocycles. The number of nitrogens with zero attached hydrogens (tertiary/aromatic N) is 2. The minimum Gasteiger partial charge on any atom is -0.295 e. The summed E-state index contributed by atoms with van der Waals surface area (Å²) in [5.74, 6) is 0. The van der Waals surface area contributed by atoms with Gasteiger partial charge in [0.15, 0.2) is 0 Å². The van der Waals surface area contributed by atoms with Crippen molar-refractivity contribution >= 4 is 0 Å². The zero-order chi connectivity index (χ0) is 20.8. The van der Waals surface area contributed by atoms with Gasteiger partial charge in [0.1, 0.15) is 0 Å². The minimum atomic E-state index is 0.937. The van der Waals surface area contributed by atoms with E-state index in [1.54, 1.807) is 0 Å². The Hall–Kier alpha value is -2.45. The monoisotopic (exact) mass is 386 g/mol. The highest BCUT2D eigenvalue weighted by Crippen LogP contribution is 2.30. The number of hydrogen-bond donors (Lipinski definition) is 0. The maximum atomic E-state index is 5.09. The predicted octanol–water partition coefficient (Wildman–Crippen LogP) is 6.51. The van der Waals surface area contributed by atoms with Gasteiger partial charge in [0.05, 0.1) is 5.69 Å². The van der Waals surface area contributed by atoms with Crippen LogP contribution >= 0.6 is 0 Å². The van der Waals surface area contributed by atoms with Crippen LogP contribution in [0.25, 0.3) is 11.3 Å². The van der Waals surface area contributed by atoms with Crippen molar-refractivity contribution in [3.63, 3.8) is 0 Å². The number of rotatable bonds is 8. The molecule has 1 aromatic heterocycles. The predicted molar refractivity (Wildman–Crippen MR) is 124 cm³/mol. The molecule has 0 aliphatic carbocycles. The van der Waals surface area contributed by atoms with Gasteiger partial charge in [-0.3, -0.25) is 9.88 Å². The summed E-state index contributed by atoms with van der Waals surface area (Å²) in [6, 6.07) is 19.7. The van der Waals surface area contributed by atoms with Crippen molar-refractivity contribution in [2.75, 3.05) is 6.54 Å². The Morgan fingerprint density at radius 2 is 1.45 bits per heavy atom. The van der Waals surface area contributed by atoms with Crippen molar-refractivity contribution in [2.24, 2.45) is 0 Å². The summed E-state index contributed by atoms with van der Waals surface area (Å²) in [7, 11) is 0. The van der Waals surface area contributed by atoms with Crippen LogP contribution in [0.15, 0.2) is 54.6 Å². The molecule has 0 atom stereocenters. The van der Waals surface area contributed by atoms with E-state index in [9.17, 15) is 0 Å². The smallest absolute Gasteiger partial charge is 0.0713 e. The van der Waals surface area contributed by atoms with Gasteiger partial charge in [0, 0.05) is 24.3 Å². The minimum absolute atomic E-state index is 0.937. The Morgan fingerprint density at radius 1 is 0.793 bits per heavy atom. The van der Waals surface area contributed by atoms with E-state index in [0.717, 1.165) is 43.9 Å². The molecule has 0 radical (unpaired) electrons. The first-order chi connectivity index (χ1) is 14.1. The van der Waals surface area contributed by atoms with E-state index >= 15 is 0 Å². The second kappa shape index (κ2) is 9.84. The first kappa shape index (κ1) is 21.3. The Bertz CT molecular complexity index is 899. The number of benzene rings is 2. The molecule has 2 aromatic carbocycles. The maximum absolute atomic E-state index is 5.09. The lowest BCUT2D eigenvalue weighted by molar-refractivity contribution is 0.270. The topological polar surface area (TPSA) is 16.1 Å². The first-order valence-corrected chi connectivity index (χ1v) is 10.9. The lowest BCUT2D eigenvalue weighted by atomic mass is 9.93. The molecule has 0 aliphatic rings. The molecule has 0 spiro atoms. The molecule has 2 nitrogen and oxygen atoms in total. The number of hydrogen-bond acceptors (Lipinski definition) is 2. The van der Waals surface area contributed by atoms with Gasteiger partial charge in [-0.1, -0.05) is 69.3 Å². The summed E-state index contributed by atoms with van der Waals surface area (Å²) in [6.45, 7) is 14.0. The molecule has 0 unspecified atom stereocenters. The lowest BCUT2D eigenvalue weighted by Gasteiger charge is -2.23. The van der Waals surface area contributed by atoms with Crippen LogP contribution in [-0.4, -0.2) is 16.4 Å². The summed E-state index contributed by atoms with van der Waals surface area (Å²) < 4.78 is 0. The van der Waals surface area contributed by atoms with Crippen molar-refractivity contribution in [2.45, 2.75) is 60.5 Å².